The average Bonchev–Trinajstić information content (AvgIpc) is 2.28. The molecular weight excluding hydrogens is 222 g/mol. The number of rotatable bonds is 4. The molecule has 1 amide bonds. The van der Waals surface area contributed by atoms with E-state index in [1.54, 1.807) is 16.8 Å². The van der Waals surface area contributed by atoms with Crippen LogP contribution in [0.2, 0.25) is 0 Å². The molecule has 1 aliphatic rings. The van der Waals surface area contributed by atoms with E-state index in [0.29, 0.717) is 13.1 Å². The van der Waals surface area contributed by atoms with Crippen molar-refractivity contribution < 1.29 is 14.7 Å². The van der Waals surface area contributed by atoms with Crippen LogP contribution in [0, 0.1) is 0 Å². The first-order valence-corrected chi connectivity index (χ1v) is 5.86. The number of likely N-dealkylation sites (N-methyl/N-ethyl adjacent to an activating group) is 1. The van der Waals surface area contributed by atoms with Crippen molar-refractivity contribution in [2.45, 2.75) is 25.9 Å². The molecule has 17 heavy (non-hydrogen) atoms. The van der Waals surface area contributed by atoms with Gasteiger partial charge in [0.2, 0.25) is 5.91 Å². The molecule has 1 fully saturated rings. The van der Waals surface area contributed by atoms with Crippen LogP contribution in [0.25, 0.3) is 0 Å². The summed E-state index contributed by atoms with van der Waals surface area (Å²) in [5.74, 6) is -0.912. The summed E-state index contributed by atoms with van der Waals surface area (Å²) in [4.78, 5) is 26.3. The zero-order valence-electron chi connectivity index (χ0n) is 10.6. The van der Waals surface area contributed by atoms with E-state index in [-0.39, 0.29) is 18.5 Å². The van der Waals surface area contributed by atoms with E-state index < -0.39 is 12.0 Å². The van der Waals surface area contributed by atoms with Crippen molar-refractivity contribution in [2.24, 2.45) is 0 Å². The molecule has 6 heteroatoms. The molecule has 6 nitrogen and oxygen atoms in total. The maximum atomic E-state index is 11.9. The van der Waals surface area contributed by atoms with Crippen LogP contribution in [0.5, 0.6) is 0 Å². The molecule has 1 rings (SSSR count). The summed E-state index contributed by atoms with van der Waals surface area (Å²) in [5, 5.41) is 12.1. The highest BCUT2D eigenvalue weighted by atomic mass is 16.4. The lowest BCUT2D eigenvalue weighted by atomic mass is 10.2. The second-order valence-electron chi connectivity index (χ2n) is 4.63. The van der Waals surface area contributed by atoms with E-state index in [0.717, 1.165) is 6.54 Å². The van der Waals surface area contributed by atoms with Crippen molar-refractivity contribution in [3.63, 3.8) is 0 Å². The molecule has 1 heterocycles. The normalized spacial score (nSPS) is 21.5. The molecule has 1 saturated heterocycles. The maximum Gasteiger partial charge on any atom is 0.322 e. The SMILES string of the molecule is CC(C)N(C)C(=O)CN1CCNCC1C(=O)O. The monoisotopic (exact) mass is 243 g/mol. The Morgan fingerprint density at radius 1 is 1.53 bits per heavy atom. The van der Waals surface area contributed by atoms with Gasteiger partial charge in [0.25, 0.3) is 0 Å². The predicted octanol–water partition coefficient (Wildman–Crippen LogP) is -0.788. The summed E-state index contributed by atoms with van der Waals surface area (Å²) in [6, 6.07) is -0.470. The third kappa shape index (κ3) is 3.67. The van der Waals surface area contributed by atoms with Crippen molar-refractivity contribution in [3.8, 4) is 0 Å². The Kier molecular flexibility index (Phi) is 4.89. The fraction of sp³-hybridized carbons (Fsp3) is 0.818. The van der Waals surface area contributed by atoms with Gasteiger partial charge in [-0.05, 0) is 13.8 Å². The highest BCUT2D eigenvalue weighted by Crippen LogP contribution is 2.05. The standard InChI is InChI=1S/C11H21N3O3/c1-8(2)13(3)10(15)7-14-5-4-12-6-9(14)11(16)17/h8-9,12H,4-7H2,1-3H3,(H,16,17). The Labute approximate surface area is 102 Å². The molecule has 0 bridgehead atoms. The zero-order chi connectivity index (χ0) is 13.0. The van der Waals surface area contributed by atoms with Crippen molar-refractivity contribution in [1.29, 1.82) is 0 Å². The first-order chi connectivity index (χ1) is 7.93. The van der Waals surface area contributed by atoms with Crippen molar-refractivity contribution in [3.05, 3.63) is 0 Å². The molecule has 0 aromatic carbocycles. The lowest BCUT2D eigenvalue weighted by molar-refractivity contribution is -0.145. The van der Waals surface area contributed by atoms with E-state index in [1.807, 2.05) is 13.8 Å². The quantitative estimate of drug-likeness (QED) is 0.677. The highest BCUT2D eigenvalue weighted by Gasteiger charge is 2.30. The molecule has 2 N–H and O–H groups in total. The summed E-state index contributed by atoms with van der Waals surface area (Å²) < 4.78 is 0. The fourth-order valence-corrected chi connectivity index (χ4v) is 1.75. The van der Waals surface area contributed by atoms with Gasteiger partial charge in [0.05, 0.1) is 6.54 Å². The van der Waals surface area contributed by atoms with Gasteiger partial charge >= 0.3 is 5.97 Å². The fourth-order valence-electron chi connectivity index (χ4n) is 1.75. The largest absolute Gasteiger partial charge is 0.480 e. The summed E-state index contributed by atoms with van der Waals surface area (Å²) in [5.41, 5.74) is 0. The lowest BCUT2D eigenvalue weighted by Gasteiger charge is -2.34. The Morgan fingerprint density at radius 3 is 2.71 bits per heavy atom. The van der Waals surface area contributed by atoms with Crippen molar-refractivity contribution in [1.82, 2.24) is 15.1 Å². The molecule has 0 radical (unpaired) electrons. The second kappa shape index (κ2) is 5.97. The first kappa shape index (κ1) is 13.9. The van der Waals surface area contributed by atoms with Crippen LogP contribution < -0.4 is 5.32 Å². The molecule has 1 aliphatic heterocycles. The summed E-state index contributed by atoms with van der Waals surface area (Å²) >= 11 is 0. The number of carbonyl (C=O) groups is 2. The zero-order valence-corrected chi connectivity index (χ0v) is 10.6. The molecule has 1 unspecified atom stereocenters. The summed E-state index contributed by atoms with van der Waals surface area (Å²) in [6.07, 6.45) is 0. The van der Waals surface area contributed by atoms with Gasteiger partial charge in [0.1, 0.15) is 6.04 Å². The first-order valence-electron chi connectivity index (χ1n) is 5.86. The van der Waals surface area contributed by atoms with E-state index in [4.69, 9.17) is 5.11 Å². The Bertz CT molecular complexity index is 294. The van der Waals surface area contributed by atoms with Gasteiger partial charge in [0, 0.05) is 32.7 Å². The van der Waals surface area contributed by atoms with Gasteiger partial charge in [-0.15, -0.1) is 0 Å². The minimum atomic E-state index is -0.878. The number of carboxylic acids is 1. The van der Waals surface area contributed by atoms with Crippen LogP contribution in [0.4, 0.5) is 0 Å². The maximum absolute atomic E-state index is 11.9. The second-order valence-corrected chi connectivity index (χ2v) is 4.63. The van der Waals surface area contributed by atoms with E-state index in [9.17, 15) is 9.59 Å². The third-order valence-electron chi connectivity index (χ3n) is 3.15. The van der Waals surface area contributed by atoms with E-state index >= 15 is 0 Å². The van der Waals surface area contributed by atoms with Crippen molar-refractivity contribution in [2.75, 3.05) is 33.2 Å². The summed E-state index contributed by atoms with van der Waals surface area (Å²) in [6.45, 7) is 5.76. The molecule has 1 atom stereocenters. The van der Waals surface area contributed by atoms with Crippen LogP contribution >= 0.6 is 0 Å². The molecule has 0 aliphatic carbocycles. The Morgan fingerprint density at radius 2 is 2.18 bits per heavy atom. The van der Waals surface area contributed by atoms with Crippen LogP contribution in [0.3, 0.4) is 0 Å². The molecule has 0 aromatic rings. The smallest absolute Gasteiger partial charge is 0.322 e. The number of carboxylic acid groups (broad SMARTS) is 1. The van der Waals surface area contributed by atoms with E-state index in [1.165, 1.54) is 0 Å². The lowest BCUT2D eigenvalue weighted by Crippen LogP contribution is -2.57. The number of amides is 1. The van der Waals surface area contributed by atoms with Gasteiger partial charge in [-0.25, -0.2) is 0 Å². The minimum Gasteiger partial charge on any atom is -0.480 e. The van der Waals surface area contributed by atoms with Crippen LogP contribution in [0.1, 0.15) is 13.8 Å². The number of nitrogens with zero attached hydrogens (tertiary/aromatic N) is 2. The number of nitrogens with one attached hydrogen (secondary N) is 1. The Balaban J connectivity index is 2.59. The predicted molar refractivity (Wildman–Crippen MR) is 63.8 cm³/mol. The van der Waals surface area contributed by atoms with Gasteiger partial charge in [0.15, 0.2) is 0 Å². The van der Waals surface area contributed by atoms with Gasteiger partial charge in [-0.1, -0.05) is 0 Å². The molecule has 0 saturated carbocycles. The van der Waals surface area contributed by atoms with Crippen LogP contribution in [-0.4, -0.2) is 72.1 Å². The Hall–Kier alpha value is -1.14. The van der Waals surface area contributed by atoms with Gasteiger partial charge in [-0.3, -0.25) is 14.5 Å². The molecular formula is C11H21N3O3. The van der Waals surface area contributed by atoms with Gasteiger partial charge in [-0.2, -0.15) is 0 Å². The summed E-state index contributed by atoms with van der Waals surface area (Å²) in [7, 11) is 1.74. The van der Waals surface area contributed by atoms with E-state index in [2.05, 4.69) is 5.32 Å². The van der Waals surface area contributed by atoms with Crippen LogP contribution in [-0.2, 0) is 9.59 Å². The number of hydrogen-bond acceptors (Lipinski definition) is 4. The van der Waals surface area contributed by atoms with Crippen molar-refractivity contribution >= 4 is 11.9 Å². The minimum absolute atomic E-state index is 0.0341. The highest BCUT2D eigenvalue weighted by molar-refractivity contribution is 5.80. The third-order valence-corrected chi connectivity index (χ3v) is 3.15. The number of carbonyl (C=O) groups excluding carboxylic acids is 1. The molecule has 98 valence electrons. The number of hydrogen-bond donors (Lipinski definition) is 2. The molecule has 0 spiro atoms. The topological polar surface area (TPSA) is 72.9 Å². The van der Waals surface area contributed by atoms with Gasteiger partial charge < -0.3 is 15.3 Å². The van der Waals surface area contributed by atoms with Crippen LogP contribution in [0.15, 0.2) is 0 Å². The number of aliphatic carboxylic acids is 1. The number of piperazine rings is 1. The molecule has 0 aromatic heterocycles. The average molecular weight is 243 g/mol.